The van der Waals surface area contributed by atoms with Gasteiger partial charge in [0.2, 0.25) is 5.72 Å². The zero-order valence-corrected chi connectivity index (χ0v) is 60.5. The van der Waals surface area contributed by atoms with Crippen molar-refractivity contribution >= 4 is 26.9 Å². The number of rotatable bonds is 9. The average molecular weight is 1370 g/mol. The molecule has 12 aliphatic rings. The van der Waals surface area contributed by atoms with E-state index in [1.807, 2.05) is 25.2 Å². The molecule has 19 rings (SSSR count). The Morgan fingerprint density at radius 3 is 2.43 bits per heavy atom. The van der Waals surface area contributed by atoms with Gasteiger partial charge in [0.15, 0.2) is 5.96 Å². The normalized spacial score (nSPS) is 33.5. The van der Waals surface area contributed by atoms with Gasteiger partial charge in [0.05, 0.1) is 27.1 Å². The fourth-order valence-corrected chi connectivity index (χ4v) is 22.8. The summed E-state index contributed by atoms with van der Waals surface area (Å²) in [6.45, 7) is 2.82. The molecule has 0 spiro atoms. The molecule has 18 atom stereocenters. The maximum atomic E-state index is 14.6. The number of fused-ring (bicyclic) bond motifs is 13. The second-order valence-electron chi connectivity index (χ2n) is 31.5. The fourth-order valence-electron chi connectivity index (χ4n) is 21.8. The van der Waals surface area contributed by atoms with Gasteiger partial charge in [-0.25, -0.2) is 13.4 Å². The Hall–Kier alpha value is -6.58. The van der Waals surface area contributed by atoms with Gasteiger partial charge in [-0.2, -0.15) is 0 Å². The summed E-state index contributed by atoms with van der Waals surface area (Å²) in [4.78, 5) is 5.43. The standard InChI is InChI=1S/C85H92N4O9S.Na/c1-48-14-15-54-40-65-26-29-67(54)71(48)44-77(99(94,95)96)72-42-60-38-59(41-66-34-50(47-90)10-6-11-53-39-64(91)25-28-70(53)81(60)97-66)78(72)51-16-22-63(23-17-51)85(98-65,89-82(86)87)74-31-24-62-21-18-58(45-84(62,93)75(74)35-49-8-4-3-5-9-49)52-20-30-73-56(36-52)19-27-69-61(46-88-2)37-57-12-7-13-68-55-32-33-83(73,92)76(43-55)80(69)79(57)68;/h3-5,7-9,12-13,16-17,20,22-23,25-26,28-30,32-33,36-37,39-40,42,48,50,55,58-59,62,66,71-72,74-78,81,88,90-93H,10,14-15,18-19,21,24,27,31,34-35,38,41,43-47H2,1-2H3,(H4,86,87,89)(H,94,95,96);/q;+1/p-1/t48-,50-,55+,58+,59+,62+,66+,71-,72+,74+,75+,76-,77+,78-,81+,83-,84-,85-;/m0./s1. The molecule has 15 heteroatoms. The van der Waals surface area contributed by atoms with Gasteiger partial charge in [-0.15, -0.1) is 0 Å². The molecule has 100 heavy (non-hydrogen) atoms. The van der Waals surface area contributed by atoms with E-state index >= 15 is 0 Å². The molecular formula is C85H91N4NaO9S. The van der Waals surface area contributed by atoms with Crippen molar-refractivity contribution in [3.63, 3.8) is 0 Å². The van der Waals surface area contributed by atoms with Gasteiger partial charge < -0.3 is 51.2 Å². The van der Waals surface area contributed by atoms with E-state index in [0.717, 1.165) is 89.6 Å². The van der Waals surface area contributed by atoms with Crippen molar-refractivity contribution in [1.82, 2.24) is 5.32 Å². The molecule has 512 valence electrons. The van der Waals surface area contributed by atoms with Crippen molar-refractivity contribution < 1.29 is 72.4 Å². The van der Waals surface area contributed by atoms with E-state index in [2.05, 4.69) is 145 Å². The van der Waals surface area contributed by atoms with Crippen LogP contribution in [0, 0.1) is 53.3 Å². The van der Waals surface area contributed by atoms with E-state index in [1.165, 1.54) is 38.6 Å². The molecule has 7 aromatic carbocycles. The third-order valence-corrected chi connectivity index (χ3v) is 27.5. The van der Waals surface area contributed by atoms with E-state index in [9.17, 15) is 33.4 Å². The maximum Gasteiger partial charge on any atom is 1.00 e. The topological polar surface area (TPSA) is 233 Å². The van der Waals surface area contributed by atoms with Crippen molar-refractivity contribution in [2.45, 2.75) is 180 Å². The molecule has 7 aliphatic carbocycles. The van der Waals surface area contributed by atoms with E-state index in [4.69, 9.17) is 25.9 Å². The Morgan fingerprint density at radius 2 is 1.63 bits per heavy atom. The average Bonchev–Trinajstić information content (AvgIpc) is 0.745. The number of aryl methyl sites for hydroxylation is 2. The molecule has 7 aromatic rings. The Kier molecular flexibility index (Phi) is 17.8. The molecule has 0 amide bonds. The van der Waals surface area contributed by atoms with Crippen molar-refractivity contribution in [3.05, 3.63) is 235 Å². The Bertz CT molecular complexity index is 4640. The first-order valence-corrected chi connectivity index (χ1v) is 38.1. The number of allylic oxidation sites excluding steroid dienone is 2. The molecule has 1 saturated heterocycles. The number of aliphatic imine (C=N–C) groups is 1. The zero-order chi connectivity index (χ0) is 67.9. The predicted molar refractivity (Wildman–Crippen MR) is 384 cm³/mol. The molecule has 5 heterocycles. The minimum atomic E-state index is -4.99. The number of nitrogens with two attached hydrogens (primary N) is 2. The molecule has 0 unspecified atom stereocenters. The number of guanidine groups is 1. The molecule has 5 aliphatic heterocycles. The van der Waals surface area contributed by atoms with Crippen LogP contribution in [0.25, 0.3) is 10.8 Å². The smallest absolute Gasteiger partial charge is 0.748 e. The van der Waals surface area contributed by atoms with Crippen molar-refractivity contribution in [2.75, 3.05) is 13.7 Å². The summed E-state index contributed by atoms with van der Waals surface area (Å²) in [6.07, 6.45) is 15.6. The van der Waals surface area contributed by atoms with Gasteiger partial charge in [-0.05, 0) is 259 Å². The van der Waals surface area contributed by atoms with Gasteiger partial charge in [0, 0.05) is 59.9 Å². The second-order valence-corrected chi connectivity index (χ2v) is 33.1. The summed E-state index contributed by atoms with van der Waals surface area (Å²) in [5.41, 5.74) is 25.2. The zero-order valence-electron chi connectivity index (χ0n) is 57.7. The van der Waals surface area contributed by atoms with Crippen LogP contribution in [-0.2, 0) is 58.4 Å². The van der Waals surface area contributed by atoms with E-state index < -0.39 is 62.1 Å². The molecule has 3 fully saturated rings. The summed E-state index contributed by atoms with van der Waals surface area (Å²) >= 11 is 0. The number of benzene rings is 7. The number of aliphatic hydroxyl groups excluding tert-OH is 1. The molecule has 9 N–H and O–H groups in total. The second kappa shape index (κ2) is 26.3. The molecule has 2 saturated carbocycles. The van der Waals surface area contributed by atoms with Crippen molar-refractivity contribution in [3.8, 4) is 23.3 Å². The van der Waals surface area contributed by atoms with Gasteiger partial charge >= 0.3 is 29.6 Å². The Labute approximate surface area is 610 Å². The van der Waals surface area contributed by atoms with Crippen LogP contribution in [0.3, 0.4) is 0 Å². The third-order valence-electron chi connectivity index (χ3n) is 26.2. The van der Waals surface area contributed by atoms with E-state index in [0.29, 0.717) is 74.7 Å². The number of hydrogen-bond acceptors (Lipinski definition) is 11. The van der Waals surface area contributed by atoms with E-state index in [1.54, 1.807) is 12.1 Å². The minimum absolute atomic E-state index is 0. The van der Waals surface area contributed by atoms with Crippen molar-refractivity contribution in [2.24, 2.45) is 57.9 Å². The summed E-state index contributed by atoms with van der Waals surface area (Å²) in [5, 5.41) is 54.4. The number of hydrogen-bond donors (Lipinski definition) is 7. The third kappa shape index (κ3) is 11.5. The summed E-state index contributed by atoms with van der Waals surface area (Å²) in [5.74, 6) is 4.29. The number of nitrogens with one attached hydrogen (secondary N) is 1. The number of ether oxygens (including phenoxy) is 2. The molecule has 0 radical (unpaired) electrons. The first-order chi connectivity index (χ1) is 47.9. The van der Waals surface area contributed by atoms with Crippen LogP contribution in [0.2, 0.25) is 0 Å². The molecular weight excluding hydrogens is 1280 g/mol. The van der Waals surface area contributed by atoms with Gasteiger partial charge in [0.1, 0.15) is 23.2 Å². The number of phenols is 1. The van der Waals surface area contributed by atoms with Gasteiger partial charge in [-0.1, -0.05) is 140 Å². The van der Waals surface area contributed by atoms with Crippen LogP contribution >= 0.6 is 0 Å². The summed E-state index contributed by atoms with van der Waals surface area (Å²) < 4.78 is 58.8. The first kappa shape index (κ1) is 67.9. The molecule has 0 aromatic heterocycles. The summed E-state index contributed by atoms with van der Waals surface area (Å²) in [7, 11) is -2.97. The van der Waals surface area contributed by atoms with Crippen LogP contribution in [0.5, 0.6) is 11.5 Å². The number of aliphatic hydroxyl groups is 3. The molecule has 13 nitrogen and oxygen atoms in total. The van der Waals surface area contributed by atoms with Crippen LogP contribution < -0.4 is 51.1 Å². The van der Waals surface area contributed by atoms with Gasteiger partial charge in [-0.3, -0.25) is 0 Å². The van der Waals surface area contributed by atoms with Crippen molar-refractivity contribution in [1.29, 1.82) is 0 Å². The summed E-state index contributed by atoms with van der Waals surface area (Å²) in [6, 6.07) is 46.0. The largest absolute Gasteiger partial charge is 1.00 e. The van der Waals surface area contributed by atoms with E-state index in [-0.39, 0.29) is 108 Å². The fraction of sp³-hybridized carbons (Fsp3) is 0.447. The molecule has 12 bridgehead atoms. The van der Waals surface area contributed by atoms with Crippen LogP contribution in [0.4, 0.5) is 0 Å². The monoisotopic (exact) mass is 1370 g/mol. The first-order valence-electron chi connectivity index (χ1n) is 36.7. The Balaban J connectivity index is 0.00000778. The minimum Gasteiger partial charge on any atom is -0.748 e. The van der Waals surface area contributed by atoms with Gasteiger partial charge in [0.25, 0.3) is 0 Å². The van der Waals surface area contributed by atoms with Crippen LogP contribution in [-0.4, -0.2) is 70.0 Å². The van der Waals surface area contributed by atoms with Crippen LogP contribution in [0.1, 0.15) is 198 Å². The quantitative estimate of drug-likeness (QED) is 0.0179. The number of nitrogens with zero attached hydrogens (tertiary/aromatic N) is 1. The van der Waals surface area contributed by atoms with Crippen LogP contribution in [0.15, 0.2) is 162 Å². The number of aromatic hydroxyl groups is 1. The predicted octanol–water partition coefficient (Wildman–Crippen LogP) is 10.4. The number of phenolic OH excluding ortho intramolecular Hbond substituents is 1. The SMILES string of the molecule is CNCc1cc2cccc3c2c2c1CCc1cc([C@@H]4CC[C@@H]5CC[C@@H]([C@@]6(N=C(N)N)Oc7ccc8c(c7)CC[C@H](C)[C@@H]8C[C@@H](S(=O)(=O)[O-])[C@H]7C=C8C[C@H](C[C@H]9C[C@@H](CO)CC#Cc%10cc(O)ccc%10[C@@H]8O9)[C@@H]7c7ccc6cc7)[C@@H](Cc6ccccc6)[C@]5(O)C4)ccc1[C@@]1(O)C=C[C@@H]3C[C@@H]21.[Na+]. The maximum absolute atomic E-state index is 14.6. The Morgan fingerprint density at radius 1 is 0.820 bits per heavy atom.